The van der Waals surface area contributed by atoms with E-state index in [1.807, 2.05) is 84.9 Å². The second-order valence-electron chi connectivity index (χ2n) is 8.58. The summed E-state index contributed by atoms with van der Waals surface area (Å²) in [5.41, 5.74) is 5.74. The average molecular weight is 449 g/mol. The van der Waals surface area contributed by atoms with Crippen molar-refractivity contribution in [2.24, 2.45) is 0 Å². The molecule has 0 fully saturated rings. The molecule has 4 aromatic carbocycles. The molecule has 0 atom stereocenters. The molecular weight excluding hydrogens is 424 g/mol. The molecule has 0 unspecified atom stereocenters. The Balaban J connectivity index is 1.14. The standard InChI is InChI=1S/C29H24N2O3/c32-29(21-9-13-25(14-10-21)30-17-23-5-1-3-7-27(23)33-19-30)22-11-15-26(16-12-22)31-18-24-6-2-4-8-28(24)34-20-31/h1-16H,17-20H2. The van der Waals surface area contributed by atoms with Crippen LogP contribution in [0, 0.1) is 0 Å². The Labute approximate surface area is 198 Å². The van der Waals surface area contributed by atoms with Gasteiger partial charge in [-0.15, -0.1) is 0 Å². The van der Waals surface area contributed by atoms with Crippen LogP contribution in [-0.2, 0) is 13.1 Å². The first-order valence-corrected chi connectivity index (χ1v) is 11.4. The molecule has 0 aliphatic carbocycles. The molecule has 2 heterocycles. The number of carbonyl (C=O) groups excluding carboxylic acids is 1. The number of para-hydroxylation sites is 2. The predicted octanol–water partition coefficient (Wildman–Crippen LogP) is 5.63. The number of hydrogen-bond acceptors (Lipinski definition) is 5. The van der Waals surface area contributed by atoms with Crippen molar-refractivity contribution < 1.29 is 14.3 Å². The van der Waals surface area contributed by atoms with Gasteiger partial charge in [-0.3, -0.25) is 4.79 Å². The highest BCUT2D eigenvalue weighted by Crippen LogP contribution is 2.30. The van der Waals surface area contributed by atoms with Crippen LogP contribution in [0.4, 0.5) is 11.4 Å². The Morgan fingerprint density at radius 1 is 0.559 bits per heavy atom. The largest absolute Gasteiger partial charge is 0.473 e. The fourth-order valence-corrected chi connectivity index (χ4v) is 4.49. The lowest BCUT2D eigenvalue weighted by Crippen LogP contribution is -2.31. The normalized spacial score (nSPS) is 14.5. The van der Waals surface area contributed by atoms with Crippen LogP contribution in [0.15, 0.2) is 97.1 Å². The quantitative estimate of drug-likeness (QED) is 0.379. The van der Waals surface area contributed by atoms with Crippen LogP contribution in [0.25, 0.3) is 0 Å². The minimum Gasteiger partial charge on any atom is -0.473 e. The van der Waals surface area contributed by atoms with Gasteiger partial charge < -0.3 is 19.3 Å². The topological polar surface area (TPSA) is 42.0 Å². The van der Waals surface area contributed by atoms with Gasteiger partial charge in [0.25, 0.3) is 0 Å². The van der Waals surface area contributed by atoms with Crippen LogP contribution >= 0.6 is 0 Å². The first-order valence-electron chi connectivity index (χ1n) is 11.4. The van der Waals surface area contributed by atoms with E-state index in [9.17, 15) is 4.79 Å². The summed E-state index contributed by atoms with van der Waals surface area (Å²) in [6.07, 6.45) is 0. The molecule has 2 aliphatic heterocycles. The van der Waals surface area contributed by atoms with Gasteiger partial charge in [-0.2, -0.15) is 0 Å². The molecule has 0 saturated carbocycles. The van der Waals surface area contributed by atoms with Crippen LogP contribution in [0.3, 0.4) is 0 Å². The number of ether oxygens (including phenoxy) is 2. The smallest absolute Gasteiger partial charge is 0.193 e. The van der Waals surface area contributed by atoms with E-state index in [1.54, 1.807) is 0 Å². The molecule has 2 aliphatic rings. The van der Waals surface area contributed by atoms with Crippen molar-refractivity contribution in [3.63, 3.8) is 0 Å². The van der Waals surface area contributed by atoms with Gasteiger partial charge in [0.05, 0.1) is 0 Å². The van der Waals surface area contributed by atoms with Gasteiger partial charge in [0.1, 0.15) is 11.5 Å². The van der Waals surface area contributed by atoms with Crippen LogP contribution < -0.4 is 19.3 Å². The number of fused-ring (bicyclic) bond motifs is 2. The molecule has 168 valence electrons. The Hall–Kier alpha value is -4.25. The zero-order valence-corrected chi connectivity index (χ0v) is 18.7. The van der Waals surface area contributed by atoms with Crippen LogP contribution in [-0.4, -0.2) is 19.2 Å². The van der Waals surface area contributed by atoms with E-state index >= 15 is 0 Å². The highest BCUT2D eigenvalue weighted by Gasteiger charge is 2.19. The van der Waals surface area contributed by atoms with Crippen molar-refractivity contribution in [3.05, 3.63) is 119 Å². The summed E-state index contributed by atoms with van der Waals surface area (Å²) in [6.45, 7) is 2.57. The third kappa shape index (κ3) is 3.86. The molecule has 0 N–H and O–H groups in total. The van der Waals surface area contributed by atoms with Gasteiger partial charge in [0.15, 0.2) is 19.2 Å². The van der Waals surface area contributed by atoms with E-state index in [0.717, 1.165) is 47.1 Å². The number of ketones is 1. The van der Waals surface area contributed by atoms with E-state index in [-0.39, 0.29) is 5.78 Å². The molecule has 0 amide bonds. The van der Waals surface area contributed by atoms with E-state index in [2.05, 4.69) is 21.9 Å². The molecule has 0 spiro atoms. The van der Waals surface area contributed by atoms with E-state index < -0.39 is 0 Å². The van der Waals surface area contributed by atoms with Crippen molar-refractivity contribution in [2.45, 2.75) is 13.1 Å². The summed E-state index contributed by atoms with van der Waals surface area (Å²) in [6, 6.07) is 31.7. The summed E-state index contributed by atoms with van der Waals surface area (Å²) in [5, 5.41) is 0. The van der Waals surface area contributed by atoms with E-state index in [1.165, 1.54) is 0 Å². The number of rotatable bonds is 4. The highest BCUT2D eigenvalue weighted by molar-refractivity contribution is 6.09. The number of benzene rings is 4. The fourth-order valence-electron chi connectivity index (χ4n) is 4.49. The van der Waals surface area contributed by atoms with Crippen LogP contribution in [0.1, 0.15) is 27.0 Å². The minimum atomic E-state index is 0.0126. The lowest BCUT2D eigenvalue weighted by atomic mass is 10.0. The maximum atomic E-state index is 13.1. The van der Waals surface area contributed by atoms with Gasteiger partial charge in [-0.05, 0) is 60.7 Å². The first kappa shape index (κ1) is 20.4. The average Bonchev–Trinajstić information content (AvgIpc) is 2.92. The Kier molecular flexibility index (Phi) is 5.15. The molecule has 0 radical (unpaired) electrons. The monoisotopic (exact) mass is 448 g/mol. The summed E-state index contributed by atoms with van der Waals surface area (Å²) >= 11 is 0. The predicted molar refractivity (Wildman–Crippen MR) is 133 cm³/mol. The SMILES string of the molecule is O=C(c1ccc(N2COc3ccccc3C2)cc1)c1ccc(N2COc3ccccc3C2)cc1. The Morgan fingerprint density at radius 3 is 1.41 bits per heavy atom. The summed E-state index contributed by atoms with van der Waals surface area (Å²) in [7, 11) is 0. The maximum Gasteiger partial charge on any atom is 0.193 e. The third-order valence-corrected chi connectivity index (χ3v) is 6.41. The number of nitrogens with zero attached hydrogens (tertiary/aromatic N) is 2. The molecule has 6 rings (SSSR count). The summed E-state index contributed by atoms with van der Waals surface area (Å²) in [5.74, 6) is 1.89. The van der Waals surface area contributed by atoms with Gasteiger partial charge in [0, 0.05) is 46.7 Å². The summed E-state index contributed by atoms with van der Waals surface area (Å²) in [4.78, 5) is 17.4. The van der Waals surface area contributed by atoms with Crippen LogP contribution in [0.2, 0.25) is 0 Å². The molecule has 5 heteroatoms. The van der Waals surface area contributed by atoms with Crippen molar-refractivity contribution in [1.82, 2.24) is 0 Å². The van der Waals surface area contributed by atoms with Gasteiger partial charge in [-0.25, -0.2) is 0 Å². The van der Waals surface area contributed by atoms with E-state index in [0.29, 0.717) is 24.6 Å². The minimum absolute atomic E-state index is 0.0126. The number of hydrogen-bond donors (Lipinski definition) is 0. The second kappa shape index (κ2) is 8.60. The molecular formula is C29H24N2O3. The van der Waals surface area contributed by atoms with Gasteiger partial charge in [-0.1, -0.05) is 36.4 Å². The molecule has 0 bridgehead atoms. The number of carbonyl (C=O) groups is 1. The van der Waals surface area contributed by atoms with Crippen molar-refractivity contribution in [3.8, 4) is 11.5 Å². The molecule has 4 aromatic rings. The van der Waals surface area contributed by atoms with Gasteiger partial charge >= 0.3 is 0 Å². The molecule has 0 aromatic heterocycles. The highest BCUT2D eigenvalue weighted by atomic mass is 16.5. The molecule has 34 heavy (non-hydrogen) atoms. The second-order valence-corrected chi connectivity index (χ2v) is 8.58. The molecule has 5 nitrogen and oxygen atoms in total. The fraction of sp³-hybridized carbons (Fsp3) is 0.138. The molecule has 0 saturated heterocycles. The zero-order valence-electron chi connectivity index (χ0n) is 18.7. The van der Waals surface area contributed by atoms with Gasteiger partial charge in [0.2, 0.25) is 0 Å². The lowest BCUT2D eigenvalue weighted by Gasteiger charge is -2.31. The third-order valence-electron chi connectivity index (χ3n) is 6.41. The van der Waals surface area contributed by atoms with Crippen molar-refractivity contribution >= 4 is 17.2 Å². The van der Waals surface area contributed by atoms with Crippen molar-refractivity contribution in [2.75, 3.05) is 23.3 Å². The first-order chi connectivity index (χ1) is 16.7. The van der Waals surface area contributed by atoms with E-state index in [4.69, 9.17) is 9.47 Å². The Morgan fingerprint density at radius 2 is 0.971 bits per heavy atom. The van der Waals surface area contributed by atoms with Crippen LogP contribution in [0.5, 0.6) is 11.5 Å². The zero-order chi connectivity index (χ0) is 22.9. The van der Waals surface area contributed by atoms with Crippen molar-refractivity contribution in [1.29, 1.82) is 0 Å². The number of anilines is 2. The maximum absolute atomic E-state index is 13.1. The lowest BCUT2D eigenvalue weighted by molar-refractivity contribution is 0.103. The Bertz CT molecular complexity index is 1230. The summed E-state index contributed by atoms with van der Waals surface area (Å²) < 4.78 is 11.7.